The van der Waals surface area contributed by atoms with Gasteiger partial charge in [0.05, 0.1) is 0 Å². The lowest BCUT2D eigenvalue weighted by Crippen LogP contribution is -2.41. The number of imide groups is 1. The van der Waals surface area contributed by atoms with Crippen LogP contribution in [0.15, 0.2) is 24.3 Å². The molecule has 21 heavy (non-hydrogen) atoms. The molecule has 1 aromatic rings. The van der Waals surface area contributed by atoms with Crippen LogP contribution in [0, 0.1) is 0 Å². The molecule has 0 radical (unpaired) electrons. The van der Waals surface area contributed by atoms with Gasteiger partial charge < -0.3 is 5.32 Å². The molecule has 2 rings (SSSR count). The first kappa shape index (κ1) is 15.5. The van der Waals surface area contributed by atoms with Crippen molar-refractivity contribution in [2.45, 2.75) is 52.0 Å². The quantitative estimate of drug-likeness (QED) is 0.869. The molecular weight excluding hydrogens is 264 g/mol. The zero-order chi connectivity index (χ0) is 15.8. The smallest absolute Gasteiger partial charge is 0.319 e. The van der Waals surface area contributed by atoms with Gasteiger partial charge in [0.1, 0.15) is 5.54 Å². The Morgan fingerprint density at radius 2 is 1.71 bits per heavy atom. The Kier molecular flexibility index (Phi) is 3.83. The predicted molar refractivity (Wildman–Crippen MR) is 83.0 cm³/mol. The van der Waals surface area contributed by atoms with Gasteiger partial charge >= 0.3 is 6.03 Å². The van der Waals surface area contributed by atoms with Crippen molar-refractivity contribution in [1.29, 1.82) is 0 Å². The molecule has 1 N–H and O–H groups in total. The number of nitrogens with one attached hydrogen (secondary N) is 1. The van der Waals surface area contributed by atoms with Crippen LogP contribution in [0.2, 0.25) is 0 Å². The first-order chi connectivity index (χ1) is 9.70. The van der Waals surface area contributed by atoms with E-state index in [9.17, 15) is 9.59 Å². The average Bonchev–Trinajstić information content (AvgIpc) is 2.63. The fourth-order valence-corrected chi connectivity index (χ4v) is 2.62. The maximum Gasteiger partial charge on any atom is 0.325 e. The minimum Gasteiger partial charge on any atom is -0.319 e. The van der Waals surface area contributed by atoms with Crippen molar-refractivity contribution in [3.8, 4) is 0 Å². The van der Waals surface area contributed by atoms with E-state index >= 15 is 0 Å². The van der Waals surface area contributed by atoms with Crippen molar-refractivity contribution >= 4 is 11.9 Å². The molecule has 1 atom stereocenters. The maximum absolute atomic E-state index is 12.6. The Balaban J connectivity index is 2.33. The molecule has 0 bridgehead atoms. The Hall–Kier alpha value is -1.84. The van der Waals surface area contributed by atoms with Crippen LogP contribution in [0.3, 0.4) is 0 Å². The summed E-state index contributed by atoms with van der Waals surface area (Å²) in [6, 6.07) is 7.64. The van der Waals surface area contributed by atoms with E-state index in [1.807, 2.05) is 31.2 Å². The van der Waals surface area contributed by atoms with E-state index < -0.39 is 5.54 Å². The zero-order valence-corrected chi connectivity index (χ0v) is 13.5. The zero-order valence-electron chi connectivity index (χ0n) is 13.5. The number of carbonyl (C=O) groups excluding carboxylic acids is 2. The fraction of sp³-hybridized carbons (Fsp3) is 0.529. The summed E-state index contributed by atoms with van der Waals surface area (Å²) in [6.07, 6.45) is 0.762. The highest BCUT2D eigenvalue weighted by Crippen LogP contribution is 2.31. The first-order valence-corrected chi connectivity index (χ1v) is 7.45. The van der Waals surface area contributed by atoms with Gasteiger partial charge in [-0.25, -0.2) is 4.79 Å². The average molecular weight is 288 g/mol. The summed E-state index contributed by atoms with van der Waals surface area (Å²) < 4.78 is 0. The topological polar surface area (TPSA) is 49.4 Å². The van der Waals surface area contributed by atoms with Crippen molar-refractivity contribution in [2.24, 2.45) is 0 Å². The molecular formula is C17H24N2O2. The van der Waals surface area contributed by atoms with E-state index in [0.29, 0.717) is 6.54 Å². The second-order valence-corrected chi connectivity index (χ2v) is 6.84. The van der Waals surface area contributed by atoms with Crippen LogP contribution in [0.4, 0.5) is 4.79 Å². The molecule has 114 valence electrons. The van der Waals surface area contributed by atoms with Crippen LogP contribution in [0.25, 0.3) is 0 Å². The maximum atomic E-state index is 12.6. The predicted octanol–water partition coefficient (Wildman–Crippen LogP) is 3.16. The number of benzene rings is 1. The van der Waals surface area contributed by atoms with Crippen LogP contribution in [0.5, 0.6) is 0 Å². The molecule has 1 unspecified atom stereocenters. The van der Waals surface area contributed by atoms with Gasteiger partial charge in [-0.2, -0.15) is 0 Å². The molecule has 0 spiro atoms. The van der Waals surface area contributed by atoms with Crippen molar-refractivity contribution in [1.82, 2.24) is 10.2 Å². The Morgan fingerprint density at radius 1 is 1.14 bits per heavy atom. The van der Waals surface area contributed by atoms with Crippen molar-refractivity contribution in [3.63, 3.8) is 0 Å². The second-order valence-electron chi connectivity index (χ2n) is 6.84. The summed E-state index contributed by atoms with van der Waals surface area (Å²) in [5, 5.41) is 2.83. The highest BCUT2D eigenvalue weighted by atomic mass is 16.2. The van der Waals surface area contributed by atoms with E-state index in [-0.39, 0.29) is 17.4 Å². The van der Waals surface area contributed by atoms with E-state index in [1.54, 1.807) is 6.92 Å². The number of nitrogens with zero attached hydrogens (tertiary/aromatic N) is 1. The normalized spacial score (nSPS) is 22.6. The van der Waals surface area contributed by atoms with Gasteiger partial charge in [-0.15, -0.1) is 0 Å². The monoisotopic (exact) mass is 288 g/mol. The number of rotatable bonds is 3. The van der Waals surface area contributed by atoms with Gasteiger partial charge in [0, 0.05) is 6.54 Å². The molecule has 4 nitrogen and oxygen atoms in total. The van der Waals surface area contributed by atoms with Crippen LogP contribution in [-0.2, 0) is 15.7 Å². The van der Waals surface area contributed by atoms with Gasteiger partial charge in [0.25, 0.3) is 5.91 Å². The molecule has 1 aliphatic rings. The third kappa shape index (κ3) is 2.67. The largest absolute Gasteiger partial charge is 0.325 e. The third-order valence-electron chi connectivity index (χ3n) is 4.05. The molecule has 1 fully saturated rings. The lowest BCUT2D eigenvalue weighted by Gasteiger charge is -2.24. The van der Waals surface area contributed by atoms with Gasteiger partial charge in [0.2, 0.25) is 0 Å². The van der Waals surface area contributed by atoms with E-state index in [0.717, 1.165) is 12.0 Å². The molecule has 1 aromatic carbocycles. The Morgan fingerprint density at radius 3 is 2.19 bits per heavy atom. The lowest BCUT2D eigenvalue weighted by atomic mass is 9.84. The van der Waals surface area contributed by atoms with Crippen molar-refractivity contribution in [3.05, 3.63) is 35.4 Å². The van der Waals surface area contributed by atoms with E-state index in [4.69, 9.17) is 0 Å². The highest BCUT2D eigenvalue weighted by molar-refractivity contribution is 6.07. The van der Waals surface area contributed by atoms with Gasteiger partial charge in [0.15, 0.2) is 0 Å². The van der Waals surface area contributed by atoms with E-state index in [1.165, 1.54) is 10.5 Å². The van der Waals surface area contributed by atoms with Crippen LogP contribution in [-0.4, -0.2) is 23.4 Å². The van der Waals surface area contributed by atoms with Crippen molar-refractivity contribution in [2.75, 3.05) is 6.54 Å². The summed E-state index contributed by atoms with van der Waals surface area (Å²) in [5.74, 6) is -0.169. The molecule has 1 saturated heterocycles. The van der Waals surface area contributed by atoms with Gasteiger partial charge in [-0.1, -0.05) is 52.0 Å². The molecule has 4 heteroatoms. The summed E-state index contributed by atoms with van der Waals surface area (Å²) in [6.45, 7) is 10.6. The fourth-order valence-electron chi connectivity index (χ4n) is 2.62. The summed E-state index contributed by atoms with van der Waals surface area (Å²) in [7, 11) is 0. The van der Waals surface area contributed by atoms with E-state index in [2.05, 4.69) is 26.1 Å². The van der Waals surface area contributed by atoms with Gasteiger partial charge in [-0.05, 0) is 29.9 Å². The molecule has 0 aliphatic carbocycles. The number of amides is 3. The minimum atomic E-state index is -0.956. The van der Waals surface area contributed by atoms with Crippen LogP contribution >= 0.6 is 0 Å². The lowest BCUT2D eigenvalue weighted by molar-refractivity contribution is -0.131. The number of carbonyl (C=O) groups is 2. The standard InChI is InChI=1S/C17H24N2O2/c1-6-11-19-14(20)17(5,18-15(19)21)13-9-7-12(8-10-13)16(2,3)4/h7-10H,6,11H2,1-5H3,(H,18,21). The summed E-state index contributed by atoms with van der Waals surface area (Å²) in [5.41, 5.74) is 1.14. The summed E-state index contributed by atoms with van der Waals surface area (Å²) in [4.78, 5) is 25.8. The number of hydrogen-bond acceptors (Lipinski definition) is 2. The Labute approximate surface area is 126 Å². The molecule has 0 aromatic heterocycles. The number of hydrogen-bond donors (Lipinski definition) is 1. The minimum absolute atomic E-state index is 0.0661. The Bertz CT molecular complexity index is 557. The third-order valence-corrected chi connectivity index (χ3v) is 4.05. The first-order valence-electron chi connectivity index (χ1n) is 7.45. The van der Waals surface area contributed by atoms with Gasteiger partial charge in [-0.3, -0.25) is 9.69 Å². The van der Waals surface area contributed by atoms with Crippen LogP contribution < -0.4 is 5.32 Å². The van der Waals surface area contributed by atoms with Crippen LogP contribution in [0.1, 0.15) is 52.2 Å². The second kappa shape index (κ2) is 5.17. The molecule has 1 heterocycles. The molecule has 3 amide bonds. The summed E-state index contributed by atoms with van der Waals surface area (Å²) >= 11 is 0. The molecule has 1 aliphatic heterocycles. The van der Waals surface area contributed by atoms with Crippen molar-refractivity contribution < 1.29 is 9.59 Å². The number of urea groups is 1. The molecule has 0 saturated carbocycles. The SMILES string of the molecule is CCCN1C(=O)NC(C)(c2ccc(C(C)(C)C)cc2)C1=O. The highest BCUT2D eigenvalue weighted by Gasteiger charge is 2.48.